The Labute approximate surface area is 131 Å². The summed E-state index contributed by atoms with van der Waals surface area (Å²) in [6, 6.07) is 6.86. The molecule has 1 aliphatic rings. The van der Waals surface area contributed by atoms with Crippen LogP contribution in [0.2, 0.25) is 0 Å². The molecule has 0 saturated heterocycles. The molecule has 0 aromatic heterocycles. The second kappa shape index (κ2) is 8.04. The summed E-state index contributed by atoms with van der Waals surface area (Å²) >= 11 is 3.66. The molecular weight excluding hydrogens is 314 g/mol. The molecule has 1 fully saturated rings. The second-order valence-corrected chi connectivity index (χ2v) is 6.60. The normalized spacial score (nSPS) is 17.9. The summed E-state index contributed by atoms with van der Waals surface area (Å²) in [7, 11) is 0. The van der Waals surface area contributed by atoms with Crippen LogP contribution >= 0.6 is 15.9 Å². The molecule has 3 heteroatoms. The molecule has 2 nitrogen and oxygen atoms in total. The monoisotopic (exact) mass is 339 g/mol. The van der Waals surface area contributed by atoms with E-state index < -0.39 is 0 Å². The van der Waals surface area contributed by atoms with Crippen LogP contribution in [0.5, 0.6) is 5.75 Å². The van der Waals surface area contributed by atoms with Crippen molar-refractivity contribution in [2.75, 3.05) is 6.54 Å². The van der Waals surface area contributed by atoms with Crippen molar-refractivity contribution in [1.82, 2.24) is 5.32 Å². The number of nitrogens with one attached hydrogen (secondary N) is 1. The quantitative estimate of drug-likeness (QED) is 0.766. The molecule has 0 aliphatic heterocycles. The standard InChI is InChI=1S/C17H26BrNO/c1-3-11-19-13(2)14-9-10-17(16(18)12-14)20-15-7-5-4-6-8-15/h9-10,12-13,15,19H,3-8,11H2,1-2H3. The van der Waals surface area contributed by atoms with Crippen LogP contribution in [0.4, 0.5) is 0 Å². The highest BCUT2D eigenvalue weighted by Crippen LogP contribution is 2.31. The van der Waals surface area contributed by atoms with Gasteiger partial charge in [0.2, 0.25) is 0 Å². The highest BCUT2D eigenvalue weighted by atomic mass is 79.9. The Balaban J connectivity index is 1.97. The lowest BCUT2D eigenvalue weighted by Crippen LogP contribution is -2.20. The second-order valence-electron chi connectivity index (χ2n) is 5.74. The van der Waals surface area contributed by atoms with E-state index in [1.54, 1.807) is 0 Å². The summed E-state index contributed by atoms with van der Waals surface area (Å²) < 4.78 is 7.21. The molecule has 2 rings (SSSR count). The van der Waals surface area contributed by atoms with Gasteiger partial charge in [-0.3, -0.25) is 0 Å². The number of benzene rings is 1. The first-order valence-electron chi connectivity index (χ1n) is 7.90. The third-order valence-electron chi connectivity index (χ3n) is 4.00. The van der Waals surface area contributed by atoms with Gasteiger partial charge in [-0.05, 0) is 79.2 Å². The first kappa shape index (κ1) is 15.8. The van der Waals surface area contributed by atoms with Crippen LogP contribution < -0.4 is 10.1 Å². The van der Waals surface area contributed by atoms with Gasteiger partial charge in [0.05, 0.1) is 10.6 Å². The molecule has 1 N–H and O–H groups in total. The molecule has 0 radical (unpaired) electrons. The fourth-order valence-electron chi connectivity index (χ4n) is 2.72. The zero-order valence-electron chi connectivity index (χ0n) is 12.6. The van der Waals surface area contributed by atoms with E-state index >= 15 is 0 Å². The highest BCUT2D eigenvalue weighted by Gasteiger charge is 2.16. The minimum Gasteiger partial charge on any atom is -0.489 e. The smallest absolute Gasteiger partial charge is 0.133 e. The fourth-order valence-corrected chi connectivity index (χ4v) is 3.21. The van der Waals surface area contributed by atoms with Gasteiger partial charge in [0.1, 0.15) is 5.75 Å². The van der Waals surface area contributed by atoms with Crippen molar-refractivity contribution < 1.29 is 4.74 Å². The van der Waals surface area contributed by atoms with E-state index in [9.17, 15) is 0 Å². The first-order chi connectivity index (χ1) is 9.70. The maximum absolute atomic E-state index is 6.13. The minimum absolute atomic E-state index is 0.384. The molecule has 1 aliphatic carbocycles. The molecule has 20 heavy (non-hydrogen) atoms. The lowest BCUT2D eigenvalue weighted by atomic mass is 9.98. The Hall–Kier alpha value is -0.540. The van der Waals surface area contributed by atoms with Crippen LogP contribution in [0.15, 0.2) is 22.7 Å². The van der Waals surface area contributed by atoms with Gasteiger partial charge in [-0.2, -0.15) is 0 Å². The Bertz CT molecular complexity index is 415. The Kier molecular flexibility index (Phi) is 6.37. The molecule has 0 bridgehead atoms. The van der Waals surface area contributed by atoms with Crippen molar-refractivity contribution in [2.45, 2.75) is 64.5 Å². The van der Waals surface area contributed by atoms with Crippen LogP contribution in [0.25, 0.3) is 0 Å². The zero-order valence-corrected chi connectivity index (χ0v) is 14.2. The lowest BCUT2D eigenvalue weighted by molar-refractivity contribution is 0.154. The zero-order chi connectivity index (χ0) is 14.4. The van der Waals surface area contributed by atoms with E-state index in [2.05, 4.69) is 53.3 Å². The predicted molar refractivity (Wildman–Crippen MR) is 88.4 cm³/mol. The SMILES string of the molecule is CCCNC(C)c1ccc(OC2CCCCC2)c(Br)c1. The average molecular weight is 340 g/mol. The van der Waals surface area contributed by atoms with E-state index in [4.69, 9.17) is 4.74 Å². The number of ether oxygens (including phenoxy) is 1. The molecule has 112 valence electrons. The number of hydrogen-bond acceptors (Lipinski definition) is 2. The molecule has 0 amide bonds. The number of halogens is 1. The van der Waals surface area contributed by atoms with Gasteiger partial charge in [0.25, 0.3) is 0 Å². The van der Waals surface area contributed by atoms with Gasteiger partial charge in [-0.15, -0.1) is 0 Å². The van der Waals surface area contributed by atoms with Gasteiger partial charge in [-0.25, -0.2) is 0 Å². The van der Waals surface area contributed by atoms with Crippen LogP contribution in [0.1, 0.15) is 64.0 Å². The first-order valence-corrected chi connectivity index (χ1v) is 8.69. The summed E-state index contributed by atoms with van der Waals surface area (Å²) in [5.41, 5.74) is 1.31. The number of rotatable bonds is 6. The fraction of sp³-hybridized carbons (Fsp3) is 0.647. The Morgan fingerprint density at radius 3 is 2.70 bits per heavy atom. The van der Waals surface area contributed by atoms with E-state index in [1.807, 2.05) is 0 Å². The van der Waals surface area contributed by atoms with Gasteiger partial charge >= 0.3 is 0 Å². The number of hydrogen-bond donors (Lipinski definition) is 1. The maximum atomic E-state index is 6.13. The van der Waals surface area contributed by atoms with Crippen molar-refractivity contribution >= 4 is 15.9 Å². The summed E-state index contributed by atoms with van der Waals surface area (Å²) in [5.74, 6) is 0.989. The average Bonchev–Trinajstić information content (AvgIpc) is 2.48. The molecule has 1 atom stereocenters. The summed E-state index contributed by atoms with van der Waals surface area (Å²) in [5, 5.41) is 3.51. The largest absolute Gasteiger partial charge is 0.489 e. The third kappa shape index (κ3) is 4.49. The van der Waals surface area contributed by atoms with Crippen LogP contribution in [0, 0.1) is 0 Å². The topological polar surface area (TPSA) is 21.3 Å². The van der Waals surface area contributed by atoms with Crippen molar-refractivity contribution in [3.05, 3.63) is 28.2 Å². The van der Waals surface area contributed by atoms with E-state index in [-0.39, 0.29) is 0 Å². The minimum atomic E-state index is 0.384. The van der Waals surface area contributed by atoms with Gasteiger partial charge in [-0.1, -0.05) is 19.4 Å². The summed E-state index contributed by atoms with van der Waals surface area (Å²) in [6.45, 7) is 5.45. The Morgan fingerprint density at radius 1 is 1.30 bits per heavy atom. The summed E-state index contributed by atoms with van der Waals surface area (Å²) in [4.78, 5) is 0. The van der Waals surface area contributed by atoms with Crippen LogP contribution in [-0.4, -0.2) is 12.6 Å². The molecular formula is C17H26BrNO. The molecule has 1 saturated carbocycles. The van der Waals surface area contributed by atoms with Crippen molar-refractivity contribution in [1.29, 1.82) is 0 Å². The molecule has 0 heterocycles. The van der Waals surface area contributed by atoms with Crippen molar-refractivity contribution in [2.24, 2.45) is 0 Å². The van der Waals surface area contributed by atoms with E-state index in [0.29, 0.717) is 12.1 Å². The van der Waals surface area contributed by atoms with Crippen LogP contribution in [0.3, 0.4) is 0 Å². The molecule has 0 spiro atoms. The van der Waals surface area contributed by atoms with E-state index in [0.717, 1.165) is 23.2 Å². The Morgan fingerprint density at radius 2 is 2.05 bits per heavy atom. The van der Waals surface area contributed by atoms with Gasteiger partial charge in [0, 0.05) is 6.04 Å². The highest BCUT2D eigenvalue weighted by molar-refractivity contribution is 9.10. The van der Waals surface area contributed by atoms with Crippen molar-refractivity contribution in [3.8, 4) is 5.75 Å². The molecule has 1 unspecified atom stereocenters. The van der Waals surface area contributed by atoms with Gasteiger partial charge < -0.3 is 10.1 Å². The molecule has 1 aromatic rings. The third-order valence-corrected chi connectivity index (χ3v) is 4.62. The van der Waals surface area contributed by atoms with Crippen LogP contribution in [-0.2, 0) is 0 Å². The van der Waals surface area contributed by atoms with E-state index in [1.165, 1.54) is 37.7 Å². The maximum Gasteiger partial charge on any atom is 0.133 e. The summed E-state index contributed by atoms with van der Waals surface area (Å²) in [6.07, 6.45) is 7.93. The predicted octanol–water partition coefficient (Wildman–Crippen LogP) is 5.22. The van der Waals surface area contributed by atoms with Gasteiger partial charge in [0.15, 0.2) is 0 Å². The lowest BCUT2D eigenvalue weighted by Gasteiger charge is -2.24. The van der Waals surface area contributed by atoms with Crippen molar-refractivity contribution in [3.63, 3.8) is 0 Å². The molecule has 1 aromatic carbocycles.